The van der Waals surface area contributed by atoms with Crippen molar-refractivity contribution >= 4 is 11.5 Å². The van der Waals surface area contributed by atoms with E-state index >= 15 is 0 Å². The Bertz CT molecular complexity index is 445. The fourth-order valence-electron chi connectivity index (χ4n) is 0.835. The average molecular weight is 186 g/mol. The van der Waals surface area contributed by atoms with Crippen molar-refractivity contribution in [3.63, 3.8) is 0 Å². The highest BCUT2D eigenvalue weighted by atomic mass is 16.6. The molecule has 0 radical (unpaired) electrons. The van der Waals surface area contributed by atoms with Gasteiger partial charge in [-0.05, 0) is 0 Å². The van der Waals surface area contributed by atoms with Crippen LogP contribution in [0.3, 0.4) is 0 Å². The first-order valence-corrected chi connectivity index (χ1v) is 3.25. The summed E-state index contributed by atoms with van der Waals surface area (Å²) in [5.41, 5.74) is -2.53. The largest absolute Gasteiger partial charge is 0.373 e. The van der Waals surface area contributed by atoms with Crippen molar-refractivity contribution in [2.45, 2.75) is 0 Å². The third kappa shape index (κ3) is 1.55. The van der Waals surface area contributed by atoms with Gasteiger partial charge < -0.3 is 5.32 Å². The van der Waals surface area contributed by atoms with Crippen molar-refractivity contribution in [1.29, 1.82) is 0 Å². The summed E-state index contributed by atoms with van der Waals surface area (Å²) in [6, 6.07) is 0. The number of nitro groups is 1. The Hall–Kier alpha value is -2.12. The normalized spacial score (nSPS) is 9.62. The van der Waals surface area contributed by atoms with E-state index in [-0.39, 0.29) is 5.82 Å². The number of H-pyrrole nitrogens is 2. The number of anilines is 1. The zero-order chi connectivity index (χ0) is 10.0. The topological polar surface area (TPSA) is 121 Å². The molecule has 8 nitrogen and oxygen atoms in total. The van der Waals surface area contributed by atoms with Crippen LogP contribution >= 0.6 is 0 Å². The number of rotatable bonds is 2. The molecule has 0 saturated heterocycles. The molecular weight excluding hydrogens is 180 g/mol. The van der Waals surface area contributed by atoms with Crippen molar-refractivity contribution in [3.05, 3.63) is 31.0 Å². The lowest BCUT2D eigenvalue weighted by atomic mass is 10.5. The maximum Gasteiger partial charge on any atom is 0.373 e. The van der Waals surface area contributed by atoms with Crippen LogP contribution < -0.4 is 16.6 Å². The molecule has 1 aromatic heterocycles. The van der Waals surface area contributed by atoms with Gasteiger partial charge in [0.2, 0.25) is 0 Å². The number of nitrogens with zero attached hydrogens (tertiary/aromatic N) is 1. The van der Waals surface area contributed by atoms with Crippen LogP contribution in [0, 0.1) is 10.1 Å². The second-order valence-electron chi connectivity index (χ2n) is 2.14. The lowest BCUT2D eigenvalue weighted by Crippen LogP contribution is -2.25. The molecule has 3 N–H and O–H groups in total. The highest BCUT2D eigenvalue weighted by Crippen LogP contribution is 2.11. The molecule has 0 aliphatic heterocycles. The summed E-state index contributed by atoms with van der Waals surface area (Å²) in [6.45, 7) is 0. The summed E-state index contributed by atoms with van der Waals surface area (Å²) >= 11 is 0. The van der Waals surface area contributed by atoms with Crippen molar-refractivity contribution < 1.29 is 4.92 Å². The van der Waals surface area contributed by atoms with Gasteiger partial charge in [0.1, 0.15) is 0 Å². The maximum atomic E-state index is 10.9. The zero-order valence-electron chi connectivity index (χ0n) is 6.58. The molecule has 13 heavy (non-hydrogen) atoms. The van der Waals surface area contributed by atoms with Crippen LogP contribution in [0.15, 0.2) is 9.59 Å². The van der Waals surface area contributed by atoms with Gasteiger partial charge in [-0.3, -0.25) is 24.9 Å². The van der Waals surface area contributed by atoms with Gasteiger partial charge in [-0.25, -0.2) is 4.79 Å². The van der Waals surface area contributed by atoms with Gasteiger partial charge in [0.25, 0.3) is 0 Å². The van der Waals surface area contributed by atoms with E-state index in [0.29, 0.717) is 0 Å². The first-order chi connectivity index (χ1) is 6.06. The Morgan fingerprint density at radius 1 is 1.38 bits per heavy atom. The summed E-state index contributed by atoms with van der Waals surface area (Å²) in [5, 5.41) is 12.7. The number of aromatic amines is 2. The summed E-state index contributed by atoms with van der Waals surface area (Å²) in [4.78, 5) is 34.9. The molecule has 0 spiro atoms. The first-order valence-electron chi connectivity index (χ1n) is 3.25. The number of hydrogen-bond acceptors (Lipinski definition) is 5. The van der Waals surface area contributed by atoms with Crippen molar-refractivity contribution in [2.75, 3.05) is 12.4 Å². The van der Waals surface area contributed by atoms with E-state index in [9.17, 15) is 19.7 Å². The zero-order valence-corrected chi connectivity index (χ0v) is 6.58. The molecule has 0 aliphatic carbocycles. The monoisotopic (exact) mass is 186 g/mol. The van der Waals surface area contributed by atoms with Crippen molar-refractivity contribution in [1.82, 2.24) is 9.97 Å². The Morgan fingerprint density at radius 3 is 2.46 bits per heavy atom. The summed E-state index contributed by atoms with van der Waals surface area (Å²) in [6.07, 6.45) is 0. The van der Waals surface area contributed by atoms with Gasteiger partial charge in [0.05, 0.1) is 4.92 Å². The minimum atomic E-state index is -1.03. The quantitative estimate of drug-likeness (QED) is 0.404. The fraction of sp³-hybridized carbons (Fsp3) is 0.200. The smallest absolute Gasteiger partial charge is 0.369 e. The van der Waals surface area contributed by atoms with Crippen LogP contribution in [-0.4, -0.2) is 21.9 Å². The van der Waals surface area contributed by atoms with E-state index in [1.807, 2.05) is 0 Å². The maximum absolute atomic E-state index is 10.9. The van der Waals surface area contributed by atoms with E-state index in [0.717, 1.165) is 0 Å². The van der Waals surface area contributed by atoms with E-state index in [2.05, 4.69) is 10.3 Å². The SMILES string of the molecule is CNc1[nH]c(=O)[nH]c(=O)c1[N+](=O)[O-]. The molecular formula is C5H6N4O4. The molecule has 8 heteroatoms. The molecule has 0 aliphatic rings. The average Bonchev–Trinajstić information content (AvgIpc) is 2.01. The van der Waals surface area contributed by atoms with Crippen LogP contribution in [-0.2, 0) is 0 Å². The third-order valence-corrected chi connectivity index (χ3v) is 1.35. The molecule has 0 aromatic carbocycles. The Balaban J connectivity index is 3.57. The number of aromatic nitrogens is 2. The molecule has 0 unspecified atom stereocenters. The van der Waals surface area contributed by atoms with Gasteiger partial charge in [0, 0.05) is 7.05 Å². The van der Waals surface area contributed by atoms with Crippen molar-refractivity contribution in [2.24, 2.45) is 0 Å². The van der Waals surface area contributed by atoms with Gasteiger partial charge in [0.15, 0.2) is 5.82 Å². The molecule has 0 atom stereocenters. The van der Waals surface area contributed by atoms with E-state index < -0.39 is 21.9 Å². The molecule has 0 bridgehead atoms. The lowest BCUT2D eigenvalue weighted by molar-refractivity contribution is -0.385. The highest BCUT2D eigenvalue weighted by Gasteiger charge is 2.19. The minimum Gasteiger partial charge on any atom is -0.369 e. The van der Waals surface area contributed by atoms with Gasteiger partial charge in [-0.15, -0.1) is 0 Å². The molecule has 0 saturated carbocycles. The predicted molar refractivity (Wildman–Crippen MR) is 43.9 cm³/mol. The minimum absolute atomic E-state index is 0.209. The lowest BCUT2D eigenvalue weighted by Gasteiger charge is -1.98. The Kier molecular flexibility index (Phi) is 2.13. The number of hydrogen-bond donors (Lipinski definition) is 3. The summed E-state index contributed by atoms with van der Waals surface area (Å²) in [5.74, 6) is -0.209. The van der Waals surface area contributed by atoms with Crippen LogP contribution in [0.4, 0.5) is 11.5 Å². The second-order valence-corrected chi connectivity index (χ2v) is 2.14. The Labute approximate surface area is 70.8 Å². The van der Waals surface area contributed by atoms with Gasteiger partial charge in [-0.1, -0.05) is 0 Å². The second kappa shape index (κ2) is 3.09. The molecule has 70 valence electrons. The van der Waals surface area contributed by atoms with Crippen LogP contribution in [0.25, 0.3) is 0 Å². The molecule has 1 aromatic rings. The fourth-order valence-corrected chi connectivity index (χ4v) is 0.835. The summed E-state index contributed by atoms with van der Waals surface area (Å²) < 4.78 is 0. The van der Waals surface area contributed by atoms with Gasteiger partial charge >= 0.3 is 16.9 Å². The van der Waals surface area contributed by atoms with Gasteiger partial charge in [-0.2, -0.15) is 0 Å². The van der Waals surface area contributed by atoms with E-state index in [4.69, 9.17) is 0 Å². The third-order valence-electron chi connectivity index (χ3n) is 1.35. The molecule has 0 fully saturated rings. The predicted octanol–water partition coefficient (Wildman–Crippen LogP) is -0.987. The van der Waals surface area contributed by atoms with Crippen LogP contribution in [0.5, 0.6) is 0 Å². The van der Waals surface area contributed by atoms with Crippen LogP contribution in [0.2, 0.25) is 0 Å². The molecule has 1 rings (SSSR count). The molecule has 0 amide bonds. The number of nitrogens with one attached hydrogen (secondary N) is 3. The Morgan fingerprint density at radius 2 is 2.00 bits per heavy atom. The van der Waals surface area contributed by atoms with E-state index in [1.54, 1.807) is 4.98 Å². The highest BCUT2D eigenvalue weighted by molar-refractivity contribution is 5.52. The van der Waals surface area contributed by atoms with E-state index in [1.165, 1.54) is 7.05 Å². The summed E-state index contributed by atoms with van der Waals surface area (Å²) in [7, 11) is 1.36. The standard InChI is InChI=1S/C5H6N4O4/c1-6-3-2(9(12)13)4(10)8-5(11)7-3/h1H3,(H3,6,7,8,10,11). The molecule has 1 heterocycles. The van der Waals surface area contributed by atoms with Crippen molar-refractivity contribution in [3.8, 4) is 0 Å². The first kappa shape index (κ1) is 8.97. The van der Waals surface area contributed by atoms with Crippen LogP contribution in [0.1, 0.15) is 0 Å².